The van der Waals surface area contributed by atoms with Crippen LogP contribution in [0.4, 0.5) is 22.0 Å². The van der Waals surface area contributed by atoms with E-state index in [1.54, 1.807) is 42.5 Å². The van der Waals surface area contributed by atoms with Gasteiger partial charge in [0, 0.05) is 17.0 Å². The molecule has 4 N–H and O–H groups in total. The molecule has 0 heterocycles. The number of benzene rings is 3. The summed E-state index contributed by atoms with van der Waals surface area (Å²) in [6.07, 6.45) is -5.14. The van der Waals surface area contributed by atoms with Crippen LogP contribution in [-0.2, 0) is 25.6 Å². The zero-order valence-electron chi connectivity index (χ0n) is 26.9. The minimum Gasteiger partial charge on any atom is -0.497 e. The molecule has 3 aromatic carbocycles. The molecule has 0 saturated heterocycles. The third-order valence-corrected chi connectivity index (χ3v) is 7.51. The molecule has 16 heteroatoms. The summed E-state index contributed by atoms with van der Waals surface area (Å²) in [5, 5.41) is 8.58. The van der Waals surface area contributed by atoms with Gasteiger partial charge in [0.05, 0.1) is 13.2 Å². The van der Waals surface area contributed by atoms with Gasteiger partial charge in [0.25, 0.3) is 11.8 Å². The quantitative estimate of drug-likeness (QED) is 0.134. The monoisotopic (exact) mass is 724 g/mol. The minimum absolute atomic E-state index is 0.0946. The van der Waals surface area contributed by atoms with Gasteiger partial charge in [-0.1, -0.05) is 67.9 Å². The van der Waals surface area contributed by atoms with Gasteiger partial charge in [-0.05, 0) is 53.4 Å². The van der Waals surface area contributed by atoms with Crippen molar-refractivity contribution < 1.29 is 50.7 Å². The van der Waals surface area contributed by atoms with Crippen molar-refractivity contribution in [2.75, 3.05) is 13.7 Å². The van der Waals surface area contributed by atoms with E-state index in [1.807, 2.05) is 0 Å². The second kappa shape index (κ2) is 17.1. The number of hydrogen-bond acceptors (Lipinski definition) is 6. The number of amides is 4. The lowest BCUT2D eigenvalue weighted by atomic mass is 9.94. The van der Waals surface area contributed by atoms with Crippen LogP contribution in [0.25, 0.3) is 0 Å². The molecule has 0 saturated carbocycles. The first-order chi connectivity index (χ1) is 23.4. The van der Waals surface area contributed by atoms with Gasteiger partial charge in [-0.15, -0.1) is 0 Å². The number of ether oxygens (including phenoxy) is 1. The third-order valence-electron chi connectivity index (χ3n) is 7.28. The van der Waals surface area contributed by atoms with Gasteiger partial charge in [-0.3, -0.25) is 24.0 Å². The molecule has 3 atom stereocenters. The van der Waals surface area contributed by atoms with Crippen LogP contribution in [0, 0.1) is 5.92 Å². The lowest BCUT2D eigenvalue weighted by molar-refractivity contribution is -0.165. The second-order valence-corrected chi connectivity index (χ2v) is 11.8. The maximum Gasteiger partial charge on any atom is 0.405 e. The third kappa shape index (κ3) is 11.0. The fourth-order valence-electron chi connectivity index (χ4n) is 4.65. The zero-order valence-corrected chi connectivity index (χ0v) is 27.7. The van der Waals surface area contributed by atoms with Gasteiger partial charge in [-0.25, -0.2) is 0 Å². The number of hydrogen-bond donors (Lipinski definition) is 4. The molecule has 3 aromatic rings. The summed E-state index contributed by atoms with van der Waals surface area (Å²) in [5.74, 6) is -13.1. The zero-order chi connectivity index (χ0) is 37.2. The lowest BCUT2D eigenvalue weighted by Crippen LogP contribution is -2.58. The van der Waals surface area contributed by atoms with Crippen molar-refractivity contribution in [1.82, 2.24) is 21.3 Å². The summed E-state index contributed by atoms with van der Waals surface area (Å²) in [6, 6.07) is 14.9. The Morgan fingerprint density at radius 2 is 1.44 bits per heavy atom. The molecular formula is C34H34ClF5N4O6. The first-order valence-corrected chi connectivity index (χ1v) is 15.4. The van der Waals surface area contributed by atoms with Gasteiger partial charge in [0.15, 0.2) is 0 Å². The van der Waals surface area contributed by atoms with Crippen molar-refractivity contribution in [3.63, 3.8) is 0 Å². The standard InChI is InChI=1S/C34H34ClF5N4O6/c1-19(2)26(28(45)34(39,40)32(49)41-18-33(36,37)38)43-31(48)27(21-12-14-24(50-3)15-13-21)44-30(47)25(17-20-8-7-11-23(35)16-20)42-29(46)22-9-5-4-6-10-22/h4-16,19,25-27H,17-18H2,1-3H3,(H,41,49)(H,42,46)(H,43,48)(H,44,47). The van der Waals surface area contributed by atoms with Crippen LogP contribution >= 0.6 is 11.6 Å². The smallest absolute Gasteiger partial charge is 0.405 e. The van der Waals surface area contributed by atoms with Crippen LogP contribution < -0.4 is 26.0 Å². The number of ketones is 1. The fourth-order valence-corrected chi connectivity index (χ4v) is 4.86. The minimum atomic E-state index is -5.03. The number of methoxy groups -OCH3 is 1. The molecule has 0 spiro atoms. The number of Topliss-reactive ketones (excluding diaryl/α,β-unsaturated/α-hetero) is 1. The summed E-state index contributed by atoms with van der Waals surface area (Å²) in [6.45, 7) is 0.400. The summed E-state index contributed by atoms with van der Waals surface area (Å²) < 4.78 is 72.5. The normalized spacial score (nSPS) is 13.4. The predicted octanol–water partition coefficient (Wildman–Crippen LogP) is 4.57. The van der Waals surface area contributed by atoms with Crippen LogP contribution in [0.3, 0.4) is 0 Å². The van der Waals surface area contributed by atoms with Crippen molar-refractivity contribution in [1.29, 1.82) is 0 Å². The Morgan fingerprint density at radius 3 is 2.00 bits per heavy atom. The fraction of sp³-hybridized carbons (Fsp3) is 0.324. The molecule has 268 valence electrons. The van der Waals surface area contributed by atoms with Crippen LogP contribution in [0.15, 0.2) is 78.9 Å². The first kappa shape index (κ1) is 39.4. The van der Waals surface area contributed by atoms with Gasteiger partial charge in [0.2, 0.25) is 17.6 Å². The van der Waals surface area contributed by atoms with Crippen molar-refractivity contribution in [2.24, 2.45) is 5.92 Å². The number of alkyl halides is 5. The molecule has 0 bridgehead atoms. The van der Waals surface area contributed by atoms with E-state index < -0.39 is 72.1 Å². The summed E-state index contributed by atoms with van der Waals surface area (Å²) in [4.78, 5) is 65.6. The lowest BCUT2D eigenvalue weighted by Gasteiger charge is -2.28. The molecular weight excluding hydrogens is 691 g/mol. The van der Waals surface area contributed by atoms with E-state index in [0.29, 0.717) is 16.3 Å². The van der Waals surface area contributed by atoms with Crippen LogP contribution in [-0.4, -0.2) is 67.2 Å². The molecule has 0 fully saturated rings. The van der Waals surface area contributed by atoms with Crippen molar-refractivity contribution in [2.45, 2.75) is 50.5 Å². The van der Waals surface area contributed by atoms with E-state index in [0.717, 1.165) is 5.32 Å². The van der Waals surface area contributed by atoms with Crippen molar-refractivity contribution in [3.05, 3.63) is 101 Å². The largest absolute Gasteiger partial charge is 0.497 e. The Labute approximate surface area is 289 Å². The first-order valence-electron chi connectivity index (χ1n) is 15.0. The van der Waals surface area contributed by atoms with E-state index in [2.05, 4.69) is 16.0 Å². The highest BCUT2D eigenvalue weighted by Gasteiger charge is 2.52. The van der Waals surface area contributed by atoms with E-state index in [1.165, 1.54) is 57.4 Å². The molecule has 3 unspecified atom stereocenters. The average Bonchev–Trinajstić information content (AvgIpc) is 3.07. The number of rotatable bonds is 15. The molecule has 10 nitrogen and oxygen atoms in total. The Morgan fingerprint density at radius 1 is 0.800 bits per heavy atom. The van der Waals surface area contributed by atoms with Gasteiger partial charge in [-0.2, -0.15) is 22.0 Å². The van der Waals surface area contributed by atoms with E-state index in [9.17, 15) is 45.9 Å². The van der Waals surface area contributed by atoms with Crippen molar-refractivity contribution in [3.8, 4) is 5.75 Å². The molecule has 0 aliphatic heterocycles. The number of halogens is 6. The maximum absolute atomic E-state index is 14.9. The highest BCUT2D eigenvalue weighted by atomic mass is 35.5. The Hall–Kier alpha value is -5.05. The number of carbonyl (C=O) groups is 5. The average molecular weight is 725 g/mol. The van der Waals surface area contributed by atoms with Crippen LogP contribution in [0.5, 0.6) is 5.75 Å². The molecule has 3 rings (SSSR count). The topological polar surface area (TPSA) is 143 Å². The maximum atomic E-state index is 14.9. The van der Waals surface area contributed by atoms with E-state index in [4.69, 9.17) is 16.3 Å². The Kier molecular flexibility index (Phi) is 13.4. The van der Waals surface area contributed by atoms with Crippen LogP contribution in [0.1, 0.15) is 41.4 Å². The summed E-state index contributed by atoms with van der Waals surface area (Å²) in [5.41, 5.74) is 0.851. The van der Waals surface area contributed by atoms with Crippen molar-refractivity contribution >= 4 is 41.0 Å². The highest BCUT2D eigenvalue weighted by molar-refractivity contribution is 6.30. The molecule has 0 radical (unpaired) electrons. The SMILES string of the molecule is COc1ccc(C(NC(=O)C(Cc2cccc(Cl)c2)NC(=O)c2ccccc2)C(=O)NC(C(=O)C(F)(F)C(=O)NCC(F)(F)F)C(C)C)cc1. The molecule has 4 amide bonds. The summed E-state index contributed by atoms with van der Waals surface area (Å²) >= 11 is 6.12. The Bertz CT molecular complexity index is 1670. The van der Waals surface area contributed by atoms with Gasteiger partial charge in [0.1, 0.15) is 24.4 Å². The second-order valence-electron chi connectivity index (χ2n) is 11.4. The van der Waals surface area contributed by atoms with E-state index >= 15 is 0 Å². The molecule has 0 aliphatic carbocycles. The summed E-state index contributed by atoms with van der Waals surface area (Å²) in [7, 11) is 1.38. The predicted molar refractivity (Wildman–Crippen MR) is 173 cm³/mol. The van der Waals surface area contributed by atoms with E-state index in [-0.39, 0.29) is 17.5 Å². The van der Waals surface area contributed by atoms with Gasteiger partial charge >= 0.3 is 12.1 Å². The number of nitrogens with one attached hydrogen (secondary N) is 4. The molecule has 0 aliphatic rings. The van der Waals surface area contributed by atoms with Crippen LogP contribution in [0.2, 0.25) is 5.02 Å². The molecule has 0 aromatic heterocycles. The Balaban J connectivity index is 1.95. The van der Waals surface area contributed by atoms with Gasteiger partial charge < -0.3 is 26.0 Å². The highest BCUT2D eigenvalue weighted by Crippen LogP contribution is 2.24. The number of carbonyl (C=O) groups excluding carboxylic acids is 5. The molecule has 50 heavy (non-hydrogen) atoms.